The summed E-state index contributed by atoms with van der Waals surface area (Å²) >= 11 is 0. The fourth-order valence-electron chi connectivity index (χ4n) is 4.40. The lowest BCUT2D eigenvalue weighted by molar-refractivity contribution is 0.0535. The predicted octanol–water partition coefficient (Wildman–Crippen LogP) is 2.70. The van der Waals surface area contributed by atoms with E-state index in [2.05, 4.69) is 52.6 Å². The molecule has 7 nitrogen and oxygen atoms in total. The Hall–Kier alpha value is -3.03. The number of rotatable bonds is 4. The maximum absolute atomic E-state index is 11.8. The Balaban J connectivity index is 1.31. The number of fused-ring (bicyclic) bond motifs is 1. The molecule has 2 aromatic carbocycles. The zero-order chi connectivity index (χ0) is 20.7. The molecule has 3 heterocycles. The summed E-state index contributed by atoms with van der Waals surface area (Å²) in [6.07, 6.45) is 2.01. The summed E-state index contributed by atoms with van der Waals surface area (Å²) in [6.45, 7) is 8.05. The lowest BCUT2D eigenvalue weighted by Gasteiger charge is -2.34. The lowest BCUT2D eigenvalue weighted by Crippen LogP contribution is -2.45. The number of cyclic esters (lactones) is 1. The minimum Gasteiger partial charge on any atom is -0.457 e. The molecule has 0 bridgehead atoms. The van der Waals surface area contributed by atoms with Crippen LogP contribution in [0.1, 0.15) is 44.3 Å². The quantitative estimate of drug-likeness (QED) is 0.676. The number of esters is 1. The SMILES string of the molecule is Cc1cccc(-n2cc(CN3CCN[C@H](c4ccc5c(c4C)COC5=O)C3)nn2)c1. The molecule has 0 unspecified atom stereocenters. The molecular formula is C23H25N5O2. The summed E-state index contributed by atoms with van der Waals surface area (Å²) in [5, 5.41) is 12.3. The van der Waals surface area contributed by atoms with Gasteiger partial charge in [0, 0.05) is 37.8 Å². The van der Waals surface area contributed by atoms with Crippen LogP contribution in [0.15, 0.2) is 42.6 Å². The number of nitrogens with one attached hydrogen (secondary N) is 1. The third kappa shape index (κ3) is 3.51. The molecule has 2 aliphatic rings. The highest BCUT2D eigenvalue weighted by Crippen LogP contribution is 2.30. The van der Waals surface area contributed by atoms with E-state index in [-0.39, 0.29) is 12.0 Å². The number of ether oxygens (including phenoxy) is 1. The third-order valence-electron chi connectivity index (χ3n) is 6.04. The summed E-state index contributed by atoms with van der Waals surface area (Å²) in [5.41, 5.74) is 7.31. The maximum Gasteiger partial charge on any atom is 0.338 e. The third-order valence-corrected chi connectivity index (χ3v) is 6.04. The van der Waals surface area contributed by atoms with Gasteiger partial charge >= 0.3 is 5.97 Å². The van der Waals surface area contributed by atoms with Gasteiger partial charge in [0.25, 0.3) is 0 Å². The van der Waals surface area contributed by atoms with Crippen LogP contribution in [0.25, 0.3) is 5.69 Å². The Morgan fingerprint density at radius 3 is 3.00 bits per heavy atom. The van der Waals surface area contributed by atoms with Crippen molar-refractivity contribution in [2.24, 2.45) is 0 Å². The van der Waals surface area contributed by atoms with Crippen molar-refractivity contribution in [3.63, 3.8) is 0 Å². The Morgan fingerprint density at radius 2 is 2.13 bits per heavy atom. The molecule has 30 heavy (non-hydrogen) atoms. The van der Waals surface area contributed by atoms with E-state index in [0.717, 1.165) is 48.7 Å². The monoisotopic (exact) mass is 403 g/mol. The van der Waals surface area contributed by atoms with Crippen molar-refractivity contribution in [2.75, 3.05) is 19.6 Å². The van der Waals surface area contributed by atoms with E-state index in [4.69, 9.17) is 4.74 Å². The minimum absolute atomic E-state index is 0.213. The van der Waals surface area contributed by atoms with Crippen LogP contribution in [0.5, 0.6) is 0 Å². The Bertz CT molecular complexity index is 1110. The van der Waals surface area contributed by atoms with E-state index in [0.29, 0.717) is 12.2 Å². The van der Waals surface area contributed by atoms with Crippen molar-refractivity contribution >= 4 is 5.97 Å². The van der Waals surface area contributed by atoms with E-state index >= 15 is 0 Å². The molecule has 1 saturated heterocycles. The molecule has 1 N–H and O–H groups in total. The van der Waals surface area contributed by atoms with Crippen LogP contribution in [0, 0.1) is 13.8 Å². The molecule has 1 fully saturated rings. The van der Waals surface area contributed by atoms with E-state index in [1.807, 2.05) is 29.1 Å². The van der Waals surface area contributed by atoms with Crippen LogP contribution in [-0.4, -0.2) is 45.5 Å². The van der Waals surface area contributed by atoms with Gasteiger partial charge in [-0.25, -0.2) is 9.48 Å². The summed E-state index contributed by atoms with van der Waals surface area (Å²) in [5.74, 6) is -0.213. The fourth-order valence-corrected chi connectivity index (χ4v) is 4.40. The van der Waals surface area contributed by atoms with Crippen LogP contribution < -0.4 is 5.32 Å². The number of benzene rings is 2. The van der Waals surface area contributed by atoms with Gasteiger partial charge in [0.2, 0.25) is 0 Å². The van der Waals surface area contributed by atoms with Crippen LogP contribution in [0.4, 0.5) is 0 Å². The highest BCUT2D eigenvalue weighted by Gasteiger charge is 2.28. The first-order valence-corrected chi connectivity index (χ1v) is 10.3. The standard InChI is InChI=1S/C23H25N5O2/c1-15-4-3-5-18(10-15)28-12-17(25-26-28)11-27-9-8-24-22(13-27)19-6-7-20-21(16(19)2)14-30-23(20)29/h3-7,10,12,22,24H,8-9,11,13-14H2,1-2H3/t22-/m0/s1. The number of hydrogen-bond acceptors (Lipinski definition) is 6. The Labute approximate surface area is 175 Å². The average molecular weight is 403 g/mol. The van der Waals surface area contributed by atoms with Gasteiger partial charge in [-0.2, -0.15) is 0 Å². The second-order valence-corrected chi connectivity index (χ2v) is 8.12. The maximum atomic E-state index is 11.8. The first-order chi connectivity index (χ1) is 14.6. The van der Waals surface area contributed by atoms with Crippen molar-refractivity contribution in [1.82, 2.24) is 25.2 Å². The van der Waals surface area contributed by atoms with Crippen molar-refractivity contribution in [2.45, 2.75) is 33.0 Å². The number of hydrogen-bond donors (Lipinski definition) is 1. The molecule has 154 valence electrons. The second kappa shape index (κ2) is 7.66. The van der Waals surface area contributed by atoms with E-state index in [9.17, 15) is 4.79 Å². The fraction of sp³-hybridized carbons (Fsp3) is 0.348. The molecule has 0 spiro atoms. The number of aryl methyl sites for hydroxylation is 1. The number of carbonyl (C=O) groups is 1. The highest BCUT2D eigenvalue weighted by molar-refractivity contribution is 5.94. The summed E-state index contributed by atoms with van der Waals surface area (Å²) in [7, 11) is 0. The van der Waals surface area contributed by atoms with Crippen molar-refractivity contribution in [1.29, 1.82) is 0 Å². The zero-order valence-electron chi connectivity index (χ0n) is 17.3. The van der Waals surface area contributed by atoms with E-state index in [1.54, 1.807) is 0 Å². The van der Waals surface area contributed by atoms with Gasteiger partial charge in [-0.3, -0.25) is 4.90 Å². The molecule has 5 rings (SSSR count). The molecule has 0 radical (unpaired) electrons. The van der Waals surface area contributed by atoms with E-state index in [1.165, 1.54) is 11.1 Å². The average Bonchev–Trinajstić information content (AvgIpc) is 3.36. The van der Waals surface area contributed by atoms with Crippen LogP contribution in [-0.2, 0) is 17.9 Å². The van der Waals surface area contributed by atoms with Crippen molar-refractivity contribution in [3.8, 4) is 5.69 Å². The smallest absolute Gasteiger partial charge is 0.338 e. The number of nitrogens with zero attached hydrogens (tertiary/aromatic N) is 4. The topological polar surface area (TPSA) is 72.3 Å². The molecule has 7 heteroatoms. The molecule has 3 aromatic rings. The van der Waals surface area contributed by atoms with Crippen molar-refractivity contribution in [3.05, 3.63) is 76.1 Å². The number of carbonyl (C=O) groups excluding carboxylic acids is 1. The van der Waals surface area contributed by atoms with Gasteiger partial charge in [-0.1, -0.05) is 23.4 Å². The minimum atomic E-state index is -0.213. The molecule has 0 aliphatic carbocycles. The lowest BCUT2D eigenvalue weighted by atomic mass is 9.93. The van der Waals surface area contributed by atoms with Gasteiger partial charge in [0.05, 0.1) is 23.1 Å². The first-order valence-electron chi connectivity index (χ1n) is 10.3. The molecular weight excluding hydrogens is 378 g/mol. The highest BCUT2D eigenvalue weighted by atomic mass is 16.5. The van der Waals surface area contributed by atoms with Gasteiger partial charge in [0.1, 0.15) is 6.61 Å². The Kier molecular flexibility index (Phi) is 4.84. The summed E-state index contributed by atoms with van der Waals surface area (Å²) < 4.78 is 7.04. The van der Waals surface area contributed by atoms with Crippen molar-refractivity contribution < 1.29 is 9.53 Å². The van der Waals surface area contributed by atoms with Gasteiger partial charge in [-0.15, -0.1) is 5.10 Å². The van der Waals surface area contributed by atoms with Gasteiger partial charge in [-0.05, 0) is 48.7 Å². The predicted molar refractivity (Wildman–Crippen MR) is 112 cm³/mol. The Morgan fingerprint density at radius 1 is 1.23 bits per heavy atom. The largest absolute Gasteiger partial charge is 0.457 e. The molecule has 0 amide bonds. The summed E-state index contributed by atoms with van der Waals surface area (Å²) in [6, 6.07) is 12.4. The molecule has 1 atom stereocenters. The van der Waals surface area contributed by atoms with Crippen LogP contribution in [0.2, 0.25) is 0 Å². The molecule has 1 aromatic heterocycles. The number of aromatic nitrogens is 3. The summed E-state index contributed by atoms with van der Waals surface area (Å²) in [4.78, 5) is 14.2. The second-order valence-electron chi connectivity index (χ2n) is 8.12. The number of piperazine rings is 1. The van der Waals surface area contributed by atoms with Crippen LogP contribution in [0.3, 0.4) is 0 Å². The zero-order valence-corrected chi connectivity index (χ0v) is 17.3. The van der Waals surface area contributed by atoms with Crippen LogP contribution >= 0.6 is 0 Å². The normalized spacial score (nSPS) is 19.0. The first kappa shape index (κ1) is 19.0. The molecule has 2 aliphatic heterocycles. The molecule has 0 saturated carbocycles. The van der Waals surface area contributed by atoms with Gasteiger partial charge < -0.3 is 10.1 Å². The van der Waals surface area contributed by atoms with E-state index < -0.39 is 0 Å². The van der Waals surface area contributed by atoms with Gasteiger partial charge in [0.15, 0.2) is 0 Å².